The molecule has 101 valence electrons. The lowest BCUT2D eigenvalue weighted by atomic mass is 10.1. The van der Waals surface area contributed by atoms with Crippen LogP contribution in [0.15, 0.2) is 17.5 Å². The van der Waals surface area contributed by atoms with Crippen LogP contribution in [0, 0.1) is 6.42 Å². The number of hydrogen-bond donors (Lipinski definition) is 1. The largest absolute Gasteiger partial charge is 0.312 e. The summed E-state index contributed by atoms with van der Waals surface area (Å²) in [4.78, 5) is 4.05. The van der Waals surface area contributed by atoms with Gasteiger partial charge in [0.05, 0.1) is 0 Å². The van der Waals surface area contributed by atoms with Crippen LogP contribution in [0.4, 0.5) is 0 Å². The maximum absolute atomic E-state index is 3.52. The quantitative estimate of drug-likeness (QED) is 0.726. The first-order valence-electron chi connectivity index (χ1n) is 7.22. The highest BCUT2D eigenvalue weighted by atomic mass is 32.1. The molecular formula is C15H25N2S. The van der Waals surface area contributed by atoms with Gasteiger partial charge in [0, 0.05) is 11.4 Å². The van der Waals surface area contributed by atoms with Gasteiger partial charge in [0.2, 0.25) is 0 Å². The van der Waals surface area contributed by atoms with Crippen LogP contribution < -0.4 is 5.32 Å². The third-order valence-electron chi connectivity index (χ3n) is 3.51. The van der Waals surface area contributed by atoms with Gasteiger partial charge >= 0.3 is 0 Å². The summed E-state index contributed by atoms with van der Waals surface area (Å²) in [5.41, 5.74) is 0. The highest BCUT2D eigenvalue weighted by molar-refractivity contribution is 7.09. The molecule has 3 heteroatoms. The Morgan fingerprint density at radius 3 is 2.83 bits per heavy atom. The van der Waals surface area contributed by atoms with E-state index in [9.17, 15) is 0 Å². The zero-order chi connectivity index (χ0) is 12.5. The minimum Gasteiger partial charge on any atom is -0.312 e. The molecule has 0 spiro atoms. The number of likely N-dealkylation sites (tertiary alicyclic amines) is 1. The topological polar surface area (TPSA) is 15.3 Å². The lowest BCUT2D eigenvalue weighted by Crippen LogP contribution is -2.30. The van der Waals surface area contributed by atoms with Crippen molar-refractivity contribution in [2.45, 2.75) is 38.6 Å². The maximum atomic E-state index is 3.52. The van der Waals surface area contributed by atoms with Gasteiger partial charge < -0.3 is 10.2 Å². The van der Waals surface area contributed by atoms with Crippen molar-refractivity contribution in [3.05, 3.63) is 28.8 Å². The third-order valence-corrected chi connectivity index (χ3v) is 4.38. The minimum atomic E-state index is 1.04. The molecule has 1 saturated heterocycles. The standard InChI is InChI=1S/C15H25N2S/c1(4-10-17-11-5-2-6-12-17)3-9-16-14-15-8-7-13-18-15/h2,7-8,13,16H,1,3-6,9-12,14H2. The molecule has 0 aliphatic carbocycles. The van der Waals surface area contributed by atoms with Gasteiger partial charge in [-0.05, 0) is 69.7 Å². The van der Waals surface area contributed by atoms with E-state index in [0.29, 0.717) is 0 Å². The molecule has 0 bridgehead atoms. The van der Waals surface area contributed by atoms with Crippen LogP contribution >= 0.6 is 11.3 Å². The molecule has 18 heavy (non-hydrogen) atoms. The van der Waals surface area contributed by atoms with Gasteiger partial charge in [0.25, 0.3) is 0 Å². The summed E-state index contributed by atoms with van der Waals surface area (Å²) in [5, 5.41) is 5.66. The van der Waals surface area contributed by atoms with Gasteiger partial charge in [-0.1, -0.05) is 12.5 Å². The van der Waals surface area contributed by atoms with E-state index in [2.05, 4.69) is 34.2 Å². The molecule has 1 fully saturated rings. The Kier molecular flexibility index (Phi) is 6.77. The number of rotatable bonds is 8. The van der Waals surface area contributed by atoms with Crippen molar-refractivity contribution in [1.82, 2.24) is 10.2 Å². The van der Waals surface area contributed by atoms with Crippen LogP contribution in [0.1, 0.15) is 37.0 Å². The number of thiophene rings is 1. The second-order valence-corrected chi connectivity index (χ2v) is 6.06. The van der Waals surface area contributed by atoms with Gasteiger partial charge in [-0.2, -0.15) is 0 Å². The van der Waals surface area contributed by atoms with E-state index < -0.39 is 0 Å². The predicted molar refractivity (Wildman–Crippen MR) is 79.9 cm³/mol. The Morgan fingerprint density at radius 2 is 2.06 bits per heavy atom. The van der Waals surface area contributed by atoms with Crippen LogP contribution in [0.5, 0.6) is 0 Å². The van der Waals surface area contributed by atoms with Crippen molar-refractivity contribution in [3.63, 3.8) is 0 Å². The van der Waals surface area contributed by atoms with E-state index in [-0.39, 0.29) is 0 Å². The summed E-state index contributed by atoms with van der Waals surface area (Å²) in [5.74, 6) is 0. The van der Waals surface area contributed by atoms with Crippen LogP contribution in [-0.2, 0) is 6.54 Å². The zero-order valence-corrected chi connectivity index (χ0v) is 12.1. The van der Waals surface area contributed by atoms with Crippen LogP contribution in [-0.4, -0.2) is 31.1 Å². The van der Waals surface area contributed by atoms with Crippen molar-refractivity contribution in [2.75, 3.05) is 26.2 Å². The number of nitrogens with one attached hydrogen (secondary N) is 1. The van der Waals surface area contributed by atoms with E-state index in [0.717, 1.165) is 13.1 Å². The average Bonchev–Trinajstić information content (AvgIpc) is 2.92. The number of nitrogens with zero attached hydrogens (tertiary/aromatic N) is 1. The maximum Gasteiger partial charge on any atom is 0.0299 e. The molecule has 0 unspecified atom stereocenters. The monoisotopic (exact) mass is 265 g/mol. The molecular weight excluding hydrogens is 240 g/mol. The lowest BCUT2D eigenvalue weighted by Gasteiger charge is -2.26. The Morgan fingerprint density at radius 1 is 1.17 bits per heavy atom. The normalized spacial score (nSPS) is 17.1. The predicted octanol–water partition coefficient (Wildman–Crippen LogP) is 3.31. The molecule has 1 aliphatic heterocycles. The highest BCUT2D eigenvalue weighted by Gasteiger charge is 2.08. The highest BCUT2D eigenvalue weighted by Crippen LogP contribution is 2.09. The van der Waals surface area contributed by atoms with Gasteiger partial charge in [0.15, 0.2) is 0 Å². The summed E-state index contributed by atoms with van der Waals surface area (Å²) >= 11 is 1.84. The fourth-order valence-electron chi connectivity index (χ4n) is 2.41. The van der Waals surface area contributed by atoms with Crippen LogP contribution in [0.2, 0.25) is 0 Å². The Bertz CT molecular complexity index is 291. The molecule has 0 aromatic carbocycles. The number of hydrogen-bond acceptors (Lipinski definition) is 3. The molecule has 1 N–H and O–H groups in total. The number of unbranched alkanes of at least 4 members (excludes halogenated alkanes) is 2. The molecule has 0 atom stereocenters. The molecule has 2 rings (SSSR count). The fourth-order valence-corrected chi connectivity index (χ4v) is 3.09. The molecule has 1 aromatic rings. The van der Waals surface area contributed by atoms with Crippen molar-refractivity contribution < 1.29 is 0 Å². The minimum absolute atomic E-state index is 1.04. The zero-order valence-electron chi connectivity index (χ0n) is 11.2. The van der Waals surface area contributed by atoms with Gasteiger partial charge in [0.1, 0.15) is 0 Å². The Labute approximate surface area is 115 Å². The second-order valence-electron chi connectivity index (χ2n) is 5.02. The molecule has 0 saturated carbocycles. The van der Waals surface area contributed by atoms with E-state index in [1.165, 1.54) is 56.6 Å². The first kappa shape index (κ1) is 14.0. The Hall–Kier alpha value is -0.380. The summed E-state index contributed by atoms with van der Waals surface area (Å²) in [6, 6.07) is 4.32. The average molecular weight is 265 g/mol. The molecule has 2 heterocycles. The molecule has 1 aliphatic rings. The Balaban J connectivity index is 1.39. The van der Waals surface area contributed by atoms with Crippen LogP contribution in [0.3, 0.4) is 0 Å². The van der Waals surface area contributed by atoms with Crippen molar-refractivity contribution >= 4 is 11.3 Å². The first-order chi connectivity index (χ1) is 8.95. The number of piperidine rings is 1. The van der Waals surface area contributed by atoms with Gasteiger partial charge in [-0.3, -0.25) is 0 Å². The van der Waals surface area contributed by atoms with Crippen molar-refractivity contribution in [3.8, 4) is 0 Å². The third kappa shape index (κ3) is 5.51. The van der Waals surface area contributed by atoms with E-state index in [1.54, 1.807) is 0 Å². The molecule has 1 aromatic heterocycles. The summed E-state index contributed by atoms with van der Waals surface area (Å²) in [6.07, 6.45) is 9.04. The molecule has 1 radical (unpaired) electrons. The van der Waals surface area contributed by atoms with Crippen LogP contribution in [0.25, 0.3) is 0 Å². The van der Waals surface area contributed by atoms with Gasteiger partial charge in [-0.25, -0.2) is 0 Å². The second kappa shape index (κ2) is 8.68. The van der Waals surface area contributed by atoms with E-state index in [4.69, 9.17) is 0 Å². The summed E-state index contributed by atoms with van der Waals surface area (Å²) in [7, 11) is 0. The van der Waals surface area contributed by atoms with E-state index >= 15 is 0 Å². The lowest BCUT2D eigenvalue weighted by molar-refractivity contribution is 0.248. The summed E-state index contributed by atoms with van der Waals surface area (Å²) < 4.78 is 0. The summed E-state index contributed by atoms with van der Waals surface area (Å²) in [6.45, 7) is 6.08. The van der Waals surface area contributed by atoms with Gasteiger partial charge in [-0.15, -0.1) is 11.3 Å². The van der Waals surface area contributed by atoms with E-state index in [1.807, 2.05) is 11.3 Å². The SMILES string of the molecule is [CH]1CCN(CCCCCNCc2cccs2)CC1. The fraction of sp³-hybridized carbons (Fsp3) is 0.667. The molecule has 0 amide bonds. The van der Waals surface area contributed by atoms with Crippen molar-refractivity contribution in [1.29, 1.82) is 0 Å². The van der Waals surface area contributed by atoms with Crippen molar-refractivity contribution in [2.24, 2.45) is 0 Å². The smallest absolute Gasteiger partial charge is 0.0299 e. The molecule has 2 nitrogen and oxygen atoms in total. The first-order valence-corrected chi connectivity index (χ1v) is 8.10.